The van der Waals surface area contributed by atoms with Crippen LogP contribution in [0.25, 0.3) is 17.3 Å². The van der Waals surface area contributed by atoms with Crippen molar-refractivity contribution in [1.29, 1.82) is 5.26 Å². The number of nitrogens with one attached hydrogen (secondary N) is 1. The molecule has 0 aliphatic rings. The van der Waals surface area contributed by atoms with Crippen LogP contribution in [0.15, 0.2) is 83.7 Å². The molecule has 0 spiro atoms. The summed E-state index contributed by atoms with van der Waals surface area (Å²) < 4.78 is 11.5. The Kier molecular flexibility index (Phi) is 8.12. The fourth-order valence-corrected chi connectivity index (χ4v) is 4.26. The molecule has 1 amide bonds. The largest absolute Gasteiger partial charge is 0.490 e. The highest BCUT2D eigenvalue weighted by molar-refractivity contribution is 7.14. The van der Waals surface area contributed by atoms with E-state index in [0.717, 1.165) is 28.1 Å². The van der Waals surface area contributed by atoms with E-state index in [9.17, 15) is 10.1 Å². The average molecular weight is 496 g/mol. The molecular weight excluding hydrogens is 470 g/mol. The van der Waals surface area contributed by atoms with Gasteiger partial charge in [-0.2, -0.15) is 5.26 Å². The number of ether oxygens (including phenoxy) is 2. The van der Waals surface area contributed by atoms with E-state index < -0.39 is 5.91 Å². The maximum atomic E-state index is 12.6. The van der Waals surface area contributed by atoms with Gasteiger partial charge in [-0.05, 0) is 60.9 Å². The Hall–Kier alpha value is -4.41. The van der Waals surface area contributed by atoms with Crippen molar-refractivity contribution in [1.82, 2.24) is 4.98 Å². The number of nitriles is 1. The van der Waals surface area contributed by atoms with Crippen molar-refractivity contribution in [2.75, 3.05) is 18.5 Å². The zero-order valence-electron chi connectivity index (χ0n) is 20.0. The van der Waals surface area contributed by atoms with Gasteiger partial charge in [0.25, 0.3) is 5.91 Å². The highest BCUT2D eigenvalue weighted by atomic mass is 32.1. The number of benzene rings is 3. The minimum atomic E-state index is -0.504. The second-order valence-electron chi connectivity index (χ2n) is 8.12. The maximum Gasteiger partial charge on any atom is 0.268 e. The standard InChI is InChI=1S/C29H25N3O3S/c1-20-14-21(2)16-26(15-20)35-13-12-34-25-10-8-22(9-11-25)17-24(18-30)28(33)32-29-31-27(19-36-29)23-6-4-3-5-7-23/h3-11,14-17,19H,12-13H2,1-2H3,(H,31,32,33)/b24-17-. The highest BCUT2D eigenvalue weighted by Gasteiger charge is 2.12. The zero-order valence-corrected chi connectivity index (χ0v) is 20.8. The maximum absolute atomic E-state index is 12.6. The molecule has 3 aromatic carbocycles. The number of aryl methyl sites for hydroxylation is 2. The normalized spacial score (nSPS) is 11.0. The molecule has 7 heteroatoms. The van der Waals surface area contributed by atoms with Crippen molar-refractivity contribution >= 4 is 28.5 Å². The molecule has 0 radical (unpaired) electrons. The molecule has 0 saturated heterocycles. The molecule has 0 bridgehead atoms. The molecule has 0 saturated carbocycles. The van der Waals surface area contributed by atoms with Crippen LogP contribution in [0.5, 0.6) is 11.5 Å². The number of hydrogen-bond acceptors (Lipinski definition) is 6. The Bertz CT molecular complexity index is 1380. The summed E-state index contributed by atoms with van der Waals surface area (Å²) in [6.45, 7) is 4.89. The van der Waals surface area contributed by atoms with Crippen molar-refractivity contribution in [3.63, 3.8) is 0 Å². The number of nitrogens with zero attached hydrogens (tertiary/aromatic N) is 2. The van der Waals surface area contributed by atoms with Gasteiger partial charge in [-0.15, -0.1) is 11.3 Å². The lowest BCUT2D eigenvalue weighted by molar-refractivity contribution is -0.112. The number of amides is 1. The molecule has 180 valence electrons. The van der Waals surface area contributed by atoms with E-state index in [1.807, 2.05) is 67.8 Å². The Morgan fingerprint density at radius 3 is 2.31 bits per heavy atom. The first-order valence-electron chi connectivity index (χ1n) is 11.4. The van der Waals surface area contributed by atoms with Crippen molar-refractivity contribution in [2.45, 2.75) is 13.8 Å². The van der Waals surface area contributed by atoms with Gasteiger partial charge in [0.15, 0.2) is 5.13 Å². The van der Waals surface area contributed by atoms with Gasteiger partial charge in [-0.25, -0.2) is 4.98 Å². The number of carbonyl (C=O) groups is 1. The fourth-order valence-electron chi connectivity index (χ4n) is 3.55. The van der Waals surface area contributed by atoms with E-state index in [2.05, 4.69) is 16.4 Å². The average Bonchev–Trinajstić information content (AvgIpc) is 3.34. The first-order chi connectivity index (χ1) is 17.5. The summed E-state index contributed by atoms with van der Waals surface area (Å²) in [5.74, 6) is 0.999. The minimum Gasteiger partial charge on any atom is -0.490 e. The summed E-state index contributed by atoms with van der Waals surface area (Å²) in [5.41, 5.74) is 4.75. The molecule has 0 fully saturated rings. The summed E-state index contributed by atoms with van der Waals surface area (Å²) in [6, 6.07) is 24.9. The number of anilines is 1. The number of thiazole rings is 1. The van der Waals surface area contributed by atoms with E-state index in [1.165, 1.54) is 17.4 Å². The summed E-state index contributed by atoms with van der Waals surface area (Å²) in [4.78, 5) is 17.1. The smallest absolute Gasteiger partial charge is 0.268 e. The van der Waals surface area contributed by atoms with Crippen LogP contribution >= 0.6 is 11.3 Å². The van der Waals surface area contributed by atoms with Crippen LogP contribution in [-0.4, -0.2) is 24.1 Å². The third-order valence-corrected chi connectivity index (χ3v) is 5.92. The van der Waals surface area contributed by atoms with E-state index in [4.69, 9.17) is 9.47 Å². The zero-order chi connectivity index (χ0) is 25.3. The van der Waals surface area contributed by atoms with Gasteiger partial charge in [0, 0.05) is 10.9 Å². The molecule has 6 nitrogen and oxygen atoms in total. The quantitative estimate of drug-likeness (QED) is 0.164. The molecule has 36 heavy (non-hydrogen) atoms. The van der Waals surface area contributed by atoms with Gasteiger partial charge in [-0.1, -0.05) is 48.5 Å². The third-order valence-electron chi connectivity index (χ3n) is 5.17. The first kappa shape index (κ1) is 24.7. The molecule has 1 heterocycles. The number of hydrogen-bond donors (Lipinski definition) is 1. The Labute approximate surface area is 214 Å². The molecule has 1 aromatic heterocycles. The van der Waals surface area contributed by atoms with Crippen LogP contribution in [0.2, 0.25) is 0 Å². The van der Waals surface area contributed by atoms with E-state index in [1.54, 1.807) is 24.3 Å². The van der Waals surface area contributed by atoms with Crippen LogP contribution in [0, 0.1) is 25.2 Å². The topological polar surface area (TPSA) is 84.2 Å². The van der Waals surface area contributed by atoms with Gasteiger partial charge in [0.1, 0.15) is 36.4 Å². The lowest BCUT2D eigenvalue weighted by Gasteiger charge is -2.10. The molecule has 0 atom stereocenters. The van der Waals surface area contributed by atoms with Crippen molar-refractivity contribution in [2.24, 2.45) is 0 Å². The van der Waals surface area contributed by atoms with Crippen LogP contribution in [-0.2, 0) is 4.79 Å². The number of carbonyl (C=O) groups excluding carboxylic acids is 1. The monoisotopic (exact) mass is 495 g/mol. The molecule has 1 N–H and O–H groups in total. The number of aromatic nitrogens is 1. The van der Waals surface area contributed by atoms with Crippen molar-refractivity contribution in [3.8, 4) is 28.8 Å². The predicted octanol–water partition coefficient (Wildman–Crippen LogP) is 6.43. The summed E-state index contributed by atoms with van der Waals surface area (Å²) in [5, 5.41) is 14.5. The van der Waals surface area contributed by atoms with Crippen molar-refractivity contribution in [3.05, 3.63) is 100 Å². The van der Waals surface area contributed by atoms with Crippen molar-refractivity contribution < 1.29 is 14.3 Å². The Morgan fingerprint density at radius 1 is 0.972 bits per heavy atom. The molecule has 4 aromatic rings. The molecule has 0 aliphatic carbocycles. The molecular formula is C29H25N3O3S. The highest BCUT2D eigenvalue weighted by Crippen LogP contribution is 2.25. The van der Waals surface area contributed by atoms with E-state index in [-0.39, 0.29) is 5.57 Å². The van der Waals surface area contributed by atoms with Gasteiger partial charge >= 0.3 is 0 Å². The molecule has 0 unspecified atom stereocenters. The number of rotatable bonds is 9. The van der Waals surface area contributed by atoms with Crippen LogP contribution in [0.4, 0.5) is 5.13 Å². The van der Waals surface area contributed by atoms with Gasteiger partial charge in [-0.3, -0.25) is 10.1 Å². The Balaban J connectivity index is 1.30. The second-order valence-corrected chi connectivity index (χ2v) is 8.98. The van der Waals surface area contributed by atoms with Gasteiger partial charge < -0.3 is 9.47 Å². The van der Waals surface area contributed by atoms with E-state index in [0.29, 0.717) is 29.7 Å². The van der Waals surface area contributed by atoms with Gasteiger partial charge in [0.2, 0.25) is 0 Å². The summed E-state index contributed by atoms with van der Waals surface area (Å²) in [7, 11) is 0. The summed E-state index contributed by atoms with van der Waals surface area (Å²) >= 11 is 1.31. The molecule has 4 rings (SSSR count). The minimum absolute atomic E-state index is 0.0121. The molecule has 0 aliphatic heterocycles. The fraction of sp³-hybridized carbons (Fsp3) is 0.138. The van der Waals surface area contributed by atoms with E-state index >= 15 is 0 Å². The lowest BCUT2D eigenvalue weighted by Crippen LogP contribution is -2.13. The van der Waals surface area contributed by atoms with Crippen LogP contribution < -0.4 is 14.8 Å². The van der Waals surface area contributed by atoms with Gasteiger partial charge in [0.05, 0.1) is 5.69 Å². The second kappa shape index (κ2) is 11.8. The lowest BCUT2D eigenvalue weighted by atomic mass is 10.1. The Morgan fingerprint density at radius 2 is 1.64 bits per heavy atom. The SMILES string of the molecule is Cc1cc(C)cc(OCCOc2ccc(/C=C(/C#N)C(=O)Nc3nc(-c4ccccc4)cs3)cc2)c1. The summed E-state index contributed by atoms with van der Waals surface area (Å²) in [6.07, 6.45) is 1.54. The van der Waals surface area contributed by atoms with Crippen LogP contribution in [0.1, 0.15) is 16.7 Å². The third kappa shape index (κ3) is 6.81. The van der Waals surface area contributed by atoms with Crippen LogP contribution in [0.3, 0.4) is 0 Å². The predicted molar refractivity (Wildman–Crippen MR) is 143 cm³/mol. The first-order valence-corrected chi connectivity index (χ1v) is 12.3.